The summed E-state index contributed by atoms with van der Waals surface area (Å²) in [5.74, 6) is 0. The molecule has 1 fully saturated rings. The van der Waals surface area contributed by atoms with Crippen molar-refractivity contribution in [3.63, 3.8) is 0 Å². The third-order valence-electron chi connectivity index (χ3n) is 3.92. The molecule has 106 valence electrons. The van der Waals surface area contributed by atoms with Crippen LogP contribution in [0.3, 0.4) is 0 Å². The Hall–Kier alpha value is -0.770. The molecule has 1 aromatic carbocycles. The fourth-order valence-corrected chi connectivity index (χ4v) is 3.21. The lowest BCUT2D eigenvalue weighted by Gasteiger charge is -2.31. The molecule has 0 aromatic heterocycles. The second-order valence-electron chi connectivity index (χ2n) is 5.56. The van der Waals surface area contributed by atoms with Gasteiger partial charge in [-0.3, -0.25) is 0 Å². The first-order valence-corrected chi connectivity index (χ1v) is 7.29. The monoisotopic (exact) mass is 282 g/mol. The van der Waals surface area contributed by atoms with Crippen LogP contribution in [-0.4, -0.2) is 31.3 Å². The Labute approximate surface area is 120 Å². The van der Waals surface area contributed by atoms with Crippen molar-refractivity contribution in [2.45, 2.75) is 37.8 Å². The van der Waals surface area contributed by atoms with Crippen LogP contribution in [0.4, 0.5) is 5.69 Å². The molecule has 0 atom stereocenters. The van der Waals surface area contributed by atoms with E-state index in [0.717, 1.165) is 48.5 Å². The number of nitrogens with zero attached hydrogens (tertiary/aromatic N) is 1. The fraction of sp³-hybridized carbons (Fsp3) is 0.600. The van der Waals surface area contributed by atoms with Crippen molar-refractivity contribution < 1.29 is 5.11 Å². The third kappa shape index (κ3) is 3.41. The van der Waals surface area contributed by atoms with Gasteiger partial charge in [-0.15, -0.1) is 0 Å². The molecule has 0 heterocycles. The van der Waals surface area contributed by atoms with E-state index < -0.39 is 5.60 Å². The summed E-state index contributed by atoms with van der Waals surface area (Å²) in [6.07, 6.45) is 4.06. The third-order valence-corrected chi connectivity index (χ3v) is 4.28. The van der Waals surface area contributed by atoms with E-state index in [0.29, 0.717) is 6.54 Å². The van der Waals surface area contributed by atoms with Crippen LogP contribution in [-0.2, 0) is 6.54 Å². The number of rotatable bonds is 5. The molecule has 0 amide bonds. The van der Waals surface area contributed by atoms with Gasteiger partial charge in [0.05, 0.1) is 5.60 Å². The van der Waals surface area contributed by atoms with Gasteiger partial charge in [-0.2, -0.15) is 0 Å². The second kappa shape index (κ2) is 6.12. The topological polar surface area (TPSA) is 35.5 Å². The van der Waals surface area contributed by atoms with Gasteiger partial charge in [0.25, 0.3) is 0 Å². The molecule has 0 saturated heterocycles. The predicted octanol–water partition coefficient (Wildman–Crippen LogP) is 2.80. The van der Waals surface area contributed by atoms with Crippen LogP contribution in [0, 0.1) is 0 Å². The molecule has 0 unspecified atom stereocenters. The molecular formula is C15H23ClN2O. The zero-order valence-electron chi connectivity index (χ0n) is 11.7. The van der Waals surface area contributed by atoms with E-state index in [2.05, 4.69) is 16.3 Å². The molecule has 3 nitrogen and oxygen atoms in total. The van der Waals surface area contributed by atoms with Gasteiger partial charge in [-0.25, -0.2) is 0 Å². The molecule has 0 spiro atoms. The number of benzene rings is 1. The largest absolute Gasteiger partial charge is 0.388 e. The van der Waals surface area contributed by atoms with E-state index >= 15 is 0 Å². The van der Waals surface area contributed by atoms with E-state index in [1.807, 2.05) is 26.2 Å². The van der Waals surface area contributed by atoms with Gasteiger partial charge in [0.15, 0.2) is 0 Å². The normalized spacial score (nSPS) is 17.7. The first-order valence-electron chi connectivity index (χ1n) is 6.91. The summed E-state index contributed by atoms with van der Waals surface area (Å²) in [5.41, 5.74) is 1.66. The van der Waals surface area contributed by atoms with Crippen molar-refractivity contribution in [2.24, 2.45) is 0 Å². The molecule has 0 bridgehead atoms. The van der Waals surface area contributed by atoms with E-state index in [1.54, 1.807) is 0 Å². The van der Waals surface area contributed by atoms with Gasteiger partial charge < -0.3 is 15.3 Å². The summed E-state index contributed by atoms with van der Waals surface area (Å²) >= 11 is 6.27. The zero-order chi connectivity index (χ0) is 13.9. The van der Waals surface area contributed by atoms with Gasteiger partial charge in [0.2, 0.25) is 0 Å². The Morgan fingerprint density at radius 1 is 1.37 bits per heavy atom. The van der Waals surface area contributed by atoms with Crippen LogP contribution in [0.1, 0.15) is 31.2 Å². The molecule has 0 radical (unpaired) electrons. The number of likely N-dealkylation sites (N-methyl/N-ethyl adjacent to an activating group) is 1. The molecule has 4 heteroatoms. The van der Waals surface area contributed by atoms with Crippen LogP contribution in [0.15, 0.2) is 18.2 Å². The van der Waals surface area contributed by atoms with Crippen molar-refractivity contribution in [1.82, 2.24) is 5.32 Å². The molecule has 2 N–H and O–H groups in total. The SMILES string of the molecule is CNCc1c(Cl)cccc1N(C)CC1(O)CCCC1. The summed E-state index contributed by atoms with van der Waals surface area (Å²) in [6, 6.07) is 5.94. The molecule has 2 rings (SSSR count). The Kier molecular flexibility index (Phi) is 4.71. The predicted molar refractivity (Wildman–Crippen MR) is 80.9 cm³/mol. The standard InChI is InChI=1S/C15H23ClN2O/c1-17-10-12-13(16)6-5-7-14(12)18(2)11-15(19)8-3-4-9-15/h5-7,17,19H,3-4,8-11H2,1-2H3. The highest BCUT2D eigenvalue weighted by Crippen LogP contribution is 2.33. The zero-order valence-corrected chi connectivity index (χ0v) is 12.5. The fourth-order valence-electron chi connectivity index (χ4n) is 2.97. The second-order valence-corrected chi connectivity index (χ2v) is 5.96. The number of aliphatic hydroxyl groups is 1. The highest BCUT2D eigenvalue weighted by molar-refractivity contribution is 6.31. The lowest BCUT2D eigenvalue weighted by molar-refractivity contribution is 0.0559. The van der Waals surface area contributed by atoms with E-state index in [-0.39, 0.29) is 0 Å². The lowest BCUT2D eigenvalue weighted by atomic mass is 10.0. The maximum absolute atomic E-state index is 10.5. The Morgan fingerprint density at radius 2 is 2.05 bits per heavy atom. The minimum Gasteiger partial charge on any atom is -0.388 e. The van der Waals surface area contributed by atoms with Gasteiger partial charge in [0.1, 0.15) is 0 Å². The maximum atomic E-state index is 10.5. The molecular weight excluding hydrogens is 260 g/mol. The quantitative estimate of drug-likeness (QED) is 0.872. The Morgan fingerprint density at radius 3 is 2.68 bits per heavy atom. The minimum atomic E-state index is -0.534. The van der Waals surface area contributed by atoms with Crippen LogP contribution < -0.4 is 10.2 Å². The number of anilines is 1. The Balaban J connectivity index is 2.18. The maximum Gasteiger partial charge on any atom is 0.0821 e. The molecule has 1 aliphatic rings. The van der Waals surface area contributed by atoms with Crippen molar-refractivity contribution in [3.05, 3.63) is 28.8 Å². The van der Waals surface area contributed by atoms with Gasteiger partial charge >= 0.3 is 0 Å². The summed E-state index contributed by atoms with van der Waals surface area (Å²) in [5, 5.41) is 14.4. The van der Waals surface area contributed by atoms with Crippen molar-refractivity contribution >= 4 is 17.3 Å². The van der Waals surface area contributed by atoms with Crippen LogP contribution in [0.25, 0.3) is 0 Å². The average Bonchev–Trinajstić information content (AvgIpc) is 2.78. The number of hydrogen-bond acceptors (Lipinski definition) is 3. The number of hydrogen-bond donors (Lipinski definition) is 2. The van der Waals surface area contributed by atoms with Gasteiger partial charge in [-0.1, -0.05) is 30.5 Å². The minimum absolute atomic E-state index is 0.534. The van der Waals surface area contributed by atoms with Crippen molar-refractivity contribution in [3.8, 4) is 0 Å². The molecule has 1 saturated carbocycles. The first kappa shape index (κ1) is 14.6. The smallest absolute Gasteiger partial charge is 0.0821 e. The lowest BCUT2D eigenvalue weighted by Crippen LogP contribution is -2.39. The molecule has 19 heavy (non-hydrogen) atoms. The van der Waals surface area contributed by atoms with Crippen LogP contribution >= 0.6 is 11.6 Å². The van der Waals surface area contributed by atoms with Gasteiger partial charge in [-0.05, 0) is 32.0 Å². The summed E-state index contributed by atoms with van der Waals surface area (Å²) < 4.78 is 0. The van der Waals surface area contributed by atoms with E-state index in [1.165, 1.54) is 0 Å². The molecule has 1 aromatic rings. The van der Waals surface area contributed by atoms with E-state index in [9.17, 15) is 5.11 Å². The molecule has 0 aliphatic heterocycles. The highest BCUT2D eigenvalue weighted by Gasteiger charge is 2.32. The Bertz CT molecular complexity index is 430. The number of nitrogens with one attached hydrogen (secondary N) is 1. The average molecular weight is 283 g/mol. The van der Waals surface area contributed by atoms with Crippen LogP contribution in [0.5, 0.6) is 0 Å². The van der Waals surface area contributed by atoms with Gasteiger partial charge in [0, 0.05) is 36.4 Å². The van der Waals surface area contributed by atoms with Crippen molar-refractivity contribution in [1.29, 1.82) is 0 Å². The summed E-state index contributed by atoms with van der Waals surface area (Å²) in [6.45, 7) is 1.40. The summed E-state index contributed by atoms with van der Waals surface area (Å²) in [7, 11) is 3.94. The van der Waals surface area contributed by atoms with E-state index in [4.69, 9.17) is 11.6 Å². The van der Waals surface area contributed by atoms with Crippen molar-refractivity contribution in [2.75, 3.05) is 25.5 Å². The first-order chi connectivity index (χ1) is 9.06. The number of halogens is 1. The molecule has 1 aliphatic carbocycles. The van der Waals surface area contributed by atoms with Crippen LogP contribution in [0.2, 0.25) is 5.02 Å². The summed E-state index contributed by atoms with van der Waals surface area (Å²) in [4.78, 5) is 2.13. The highest BCUT2D eigenvalue weighted by atomic mass is 35.5.